The number of rotatable bonds is 4. The molecule has 0 saturated heterocycles. The minimum Gasteiger partial charge on any atom is -0.303 e. The van der Waals surface area contributed by atoms with Gasteiger partial charge in [-0.2, -0.15) is 0 Å². The molecule has 0 aliphatic carbocycles. The summed E-state index contributed by atoms with van der Waals surface area (Å²) in [6.45, 7) is 7.09. The molecule has 0 aromatic rings. The van der Waals surface area contributed by atoms with E-state index >= 15 is 0 Å². The molecular weight excluding hydrogens is 190 g/mol. The van der Waals surface area contributed by atoms with Crippen LogP contribution in [0.3, 0.4) is 0 Å². The van der Waals surface area contributed by atoms with Crippen LogP contribution in [0.4, 0.5) is 8.78 Å². The van der Waals surface area contributed by atoms with Gasteiger partial charge in [-0.05, 0) is 6.42 Å². The van der Waals surface area contributed by atoms with Crippen LogP contribution in [0, 0.1) is 11.3 Å². The van der Waals surface area contributed by atoms with Crippen molar-refractivity contribution in [3.05, 3.63) is 0 Å². The molecule has 1 atom stereocenters. The first-order valence-electron chi connectivity index (χ1n) is 4.57. The summed E-state index contributed by atoms with van der Waals surface area (Å²) in [5.74, 6) is 3.90. The Balaban J connectivity index is 4.90. The largest absolute Gasteiger partial charge is 0.303 e. The van der Waals surface area contributed by atoms with Gasteiger partial charge in [-0.15, -0.1) is 5.90 Å². The van der Waals surface area contributed by atoms with E-state index in [9.17, 15) is 8.78 Å². The highest BCUT2D eigenvalue weighted by molar-refractivity contribution is 5.91. The van der Waals surface area contributed by atoms with Crippen molar-refractivity contribution in [2.24, 2.45) is 22.4 Å². The molecule has 84 valence electrons. The Hall–Kier alpha value is -0.710. The third kappa shape index (κ3) is 3.57. The molecule has 0 aromatic heterocycles. The summed E-state index contributed by atoms with van der Waals surface area (Å²) in [6, 6.07) is 0. The van der Waals surface area contributed by atoms with E-state index in [-0.39, 0.29) is 0 Å². The Bertz CT molecular complexity index is 199. The van der Waals surface area contributed by atoms with E-state index in [1.807, 2.05) is 0 Å². The summed E-state index contributed by atoms with van der Waals surface area (Å²) < 4.78 is 25.3. The number of hydrogen-bond donors (Lipinski definition) is 1. The fourth-order valence-electron chi connectivity index (χ4n) is 1.31. The topological polar surface area (TPSA) is 47.6 Å². The van der Waals surface area contributed by atoms with Gasteiger partial charge in [0.1, 0.15) is 0 Å². The van der Waals surface area contributed by atoms with Gasteiger partial charge in [0.15, 0.2) is 0 Å². The normalized spacial score (nSPS) is 15.9. The van der Waals surface area contributed by atoms with Gasteiger partial charge in [0.2, 0.25) is 6.43 Å². The van der Waals surface area contributed by atoms with Gasteiger partial charge >= 0.3 is 0 Å². The molecule has 0 radical (unpaired) electrons. The molecule has 0 fully saturated rings. The van der Waals surface area contributed by atoms with E-state index in [1.54, 1.807) is 27.7 Å². The molecule has 0 spiro atoms. The fraction of sp³-hybridized carbons (Fsp3) is 0.889. The molecule has 0 aliphatic heterocycles. The second-order valence-electron chi connectivity index (χ2n) is 4.18. The maximum Gasteiger partial charge on any atom is 0.246 e. The quantitative estimate of drug-likeness (QED) is 0.570. The number of hydrogen-bond acceptors (Lipinski definition) is 3. The van der Waals surface area contributed by atoms with Crippen LogP contribution >= 0.6 is 0 Å². The lowest BCUT2D eigenvalue weighted by atomic mass is 9.81. The second-order valence-corrected chi connectivity index (χ2v) is 4.18. The van der Waals surface area contributed by atoms with Crippen molar-refractivity contribution in [1.82, 2.24) is 0 Å². The van der Waals surface area contributed by atoms with E-state index in [1.165, 1.54) is 0 Å². The molecule has 3 nitrogen and oxygen atoms in total. The molecule has 0 aromatic carbocycles. The minimum absolute atomic E-state index is 0.303. The zero-order chi connectivity index (χ0) is 11.4. The van der Waals surface area contributed by atoms with Crippen molar-refractivity contribution < 1.29 is 13.7 Å². The third-order valence-electron chi connectivity index (χ3n) is 2.01. The van der Waals surface area contributed by atoms with Crippen molar-refractivity contribution in [2.75, 3.05) is 0 Å². The molecule has 0 heterocycles. The maximum atomic E-state index is 12.6. The number of halogens is 2. The molecule has 2 N–H and O–H groups in total. The van der Waals surface area contributed by atoms with Crippen molar-refractivity contribution in [2.45, 2.75) is 40.5 Å². The summed E-state index contributed by atoms with van der Waals surface area (Å²) in [5, 5.41) is 3.50. The highest BCUT2D eigenvalue weighted by atomic mass is 19.3. The fourth-order valence-corrected chi connectivity index (χ4v) is 1.31. The lowest BCUT2D eigenvalue weighted by molar-refractivity contribution is 0.0935. The van der Waals surface area contributed by atoms with Gasteiger partial charge in [0.25, 0.3) is 0 Å². The molecule has 14 heavy (non-hydrogen) atoms. The van der Waals surface area contributed by atoms with Gasteiger partial charge < -0.3 is 4.94 Å². The first-order chi connectivity index (χ1) is 6.34. The average molecular weight is 208 g/mol. The summed E-state index contributed by atoms with van der Waals surface area (Å²) in [4.78, 5) is 4.12. The third-order valence-corrected chi connectivity index (χ3v) is 2.01. The van der Waals surface area contributed by atoms with Crippen LogP contribution in [0.15, 0.2) is 5.16 Å². The molecule has 1 unspecified atom stereocenters. The molecule has 5 heteroatoms. The summed E-state index contributed by atoms with van der Waals surface area (Å²) in [7, 11) is 0. The number of nitrogens with two attached hydrogens (primary N) is 1. The standard InChI is InChI=1S/C9H18F2N2O/c1-5-6(8(10)11)7(13-14-12)9(2,3)4/h6,8H,5,12H2,1-4H3/b13-7+. The second kappa shape index (κ2) is 5.24. The zero-order valence-electron chi connectivity index (χ0n) is 9.05. The first kappa shape index (κ1) is 13.3. The van der Waals surface area contributed by atoms with E-state index in [0.29, 0.717) is 12.1 Å². The van der Waals surface area contributed by atoms with Gasteiger partial charge in [-0.1, -0.05) is 32.9 Å². The number of oxime groups is 1. The predicted octanol–water partition coefficient (Wildman–Crippen LogP) is 2.57. The summed E-state index contributed by atoms with van der Waals surface area (Å²) in [5.41, 5.74) is -0.159. The van der Waals surface area contributed by atoms with Crippen LogP contribution in [0.25, 0.3) is 0 Å². The van der Waals surface area contributed by atoms with Gasteiger partial charge in [0.05, 0.1) is 11.6 Å². The van der Waals surface area contributed by atoms with Crippen LogP contribution in [0.2, 0.25) is 0 Å². The van der Waals surface area contributed by atoms with Crippen molar-refractivity contribution in [1.29, 1.82) is 0 Å². The molecule has 0 rings (SSSR count). The first-order valence-corrected chi connectivity index (χ1v) is 4.57. The lowest BCUT2D eigenvalue weighted by Gasteiger charge is -2.26. The smallest absolute Gasteiger partial charge is 0.246 e. The van der Waals surface area contributed by atoms with Gasteiger partial charge in [-0.25, -0.2) is 8.78 Å². The van der Waals surface area contributed by atoms with Crippen LogP contribution in [0.5, 0.6) is 0 Å². The highest BCUT2D eigenvalue weighted by Gasteiger charge is 2.33. The Morgan fingerprint density at radius 2 is 1.93 bits per heavy atom. The minimum atomic E-state index is -2.44. The van der Waals surface area contributed by atoms with Crippen LogP contribution in [-0.4, -0.2) is 12.1 Å². The average Bonchev–Trinajstić information content (AvgIpc) is 2.02. The monoisotopic (exact) mass is 208 g/mol. The van der Waals surface area contributed by atoms with E-state index < -0.39 is 17.8 Å². The van der Waals surface area contributed by atoms with Gasteiger partial charge in [0, 0.05) is 5.41 Å². The van der Waals surface area contributed by atoms with Crippen molar-refractivity contribution in [3.63, 3.8) is 0 Å². The Morgan fingerprint density at radius 3 is 2.14 bits per heavy atom. The van der Waals surface area contributed by atoms with Crippen molar-refractivity contribution >= 4 is 5.71 Å². The summed E-state index contributed by atoms with van der Waals surface area (Å²) >= 11 is 0. The lowest BCUT2D eigenvalue weighted by Crippen LogP contribution is -2.33. The van der Waals surface area contributed by atoms with Crippen LogP contribution in [0.1, 0.15) is 34.1 Å². The number of alkyl halides is 2. The molecular formula is C9H18F2N2O. The van der Waals surface area contributed by atoms with Crippen LogP contribution in [-0.2, 0) is 4.94 Å². The number of nitrogens with zero attached hydrogens (tertiary/aromatic N) is 1. The molecule has 0 amide bonds. The maximum absolute atomic E-state index is 12.6. The van der Waals surface area contributed by atoms with Gasteiger partial charge in [-0.3, -0.25) is 0 Å². The SMILES string of the molecule is CCC(/C(=N\ON)C(C)(C)C)C(F)F. The highest BCUT2D eigenvalue weighted by Crippen LogP contribution is 2.27. The Kier molecular flexibility index (Phi) is 4.97. The van der Waals surface area contributed by atoms with Crippen molar-refractivity contribution in [3.8, 4) is 0 Å². The Morgan fingerprint density at radius 1 is 1.43 bits per heavy atom. The molecule has 0 saturated carbocycles. The Labute approximate surface area is 83.2 Å². The van der Waals surface area contributed by atoms with Crippen LogP contribution < -0.4 is 5.90 Å². The molecule has 0 aliphatic rings. The zero-order valence-corrected chi connectivity index (χ0v) is 9.05. The molecule has 0 bridgehead atoms. The summed E-state index contributed by atoms with van der Waals surface area (Å²) in [6.07, 6.45) is -2.12. The van der Waals surface area contributed by atoms with E-state index in [4.69, 9.17) is 5.90 Å². The van der Waals surface area contributed by atoms with E-state index in [2.05, 4.69) is 10.1 Å². The predicted molar refractivity (Wildman–Crippen MR) is 51.9 cm³/mol. The van der Waals surface area contributed by atoms with E-state index in [0.717, 1.165) is 0 Å².